The molecule has 0 spiro atoms. The van der Waals surface area contributed by atoms with E-state index in [9.17, 15) is 19.7 Å². The van der Waals surface area contributed by atoms with E-state index >= 15 is 0 Å². The van der Waals surface area contributed by atoms with E-state index in [0.29, 0.717) is 18.8 Å². The van der Waals surface area contributed by atoms with Gasteiger partial charge in [0.2, 0.25) is 5.91 Å². The van der Waals surface area contributed by atoms with Gasteiger partial charge in [-0.25, -0.2) is 0 Å². The molecule has 0 radical (unpaired) electrons. The number of carbonyl (C=O) groups excluding carboxylic acids is 2. The minimum atomic E-state index is -0.681. The molecule has 26 heavy (non-hydrogen) atoms. The van der Waals surface area contributed by atoms with Crippen molar-refractivity contribution in [2.24, 2.45) is 11.5 Å². The summed E-state index contributed by atoms with van der Waals surface area (Å²) in [4.78, 5) is 38.0. The van der Waals surface area contributed by atoms with Crippen molar-refractivity contribution in [1.29, 1.82) is 0 Å². The van der Waals surface area contributed by atoms with Gasteiger partial charge in [-0.3, -0.25) is 24.6 Å². The molecular formula is C17H23N5O4. The van der Waals surface area contributed by atoms with Crippen LogP contribution in [0.4, 0.5) is 11.4 Å². The van der Waals surface area contributed by atoms with Crippen LogP contribution in [0.15, 0.2) is 18.2 Å². The number of hydrogen-bond acceptors (Lipinski definition) is 6. The third-order valence-corrected chi connectivity index (χ3v) is 5.35. The van der Waals surface area contributed by atoms with Gasteiger partial charge in [0.1, 0.15) is 0 Å². The topological polar surface area (TPSA) is 136 Å². The minimum absolute atomic E-state index is 0.154. The summed E-state index contributed by atoms with van der Waals surface area (Å²) in [5, 5.41) is 10.9. The van der Waals surface area contributed by atoms with Crippen LogP contribution in [0.5, 0.6) is 0 Å². The number of non-ortho nitro benzene ring substituents is 1. The third-order valence-electron chi connectivity index (χ3n) is 5.35. The number of anilines is 1. The summed E-state index contributed by atoms with van der Waals surface area (Å²) >= 11 is 0. The van der Waals surface area contributed by atoms with Gasteiger partial charge in [-0.05, 0) is 38.3 Å². The lowest BCUT2D eigenvalue weighted by Crippen LogP contribution is -2.50. The maximum atomic E-state index is 11.7. The van der Waals surface area contributed by atoms with E-state index in [1.54, 1.807) is 6.07 Å². The molecule has 4 N–H and O–H groups in total. The molecule has 0 aromatic heterocycles. The van der Waals surface area contributed by atoms with E-state index in [1.807, 2.05) is 4.90 Å². The van der Waals surface area contributed by atoms with E-state index < -0.39 is 10.8 Å². The minimum Gasteiger partial charge on any atom is -0.371 e. The van der Waals surface area contributed by atoms with Crippen LogP contribution in [0, 0.1) is 10.1 Å². The second-order valence-corrected chi connectivity index (χ2v) is 6.84. The summed E-state index contributed by atoms with van der Waals surface area (Å²) in [6.45, 7) is 2.25. The van der Waals surface area contributed by atoms with Gasteiger partial charge in [-0.1, -0.05) is 0 Å². The molecule has 0 saturated carbocycles. The summed E-state index contributed by atoms with van der Waals surface area (Å²) in [7, 11) is 0. The molecule has 140 valence electrons. The number of rotatable bonds is 5. The average Bonchev–Trinajstić information content (AvgIpc) is 3.11. The lowest BCUT2D eigenvalue weighted by atomic mass is 10.00. The number of nitrogens with zero attached hydrogens (tertiary/aromatic N) is 3. The van der Waals surface area contributed by atoms with E-state index in [-0.39, 0.29) is 29.2 Å². The molecule has 2 heterocycles. The predicted octanol–water partition coefficient (Wildman–Crippen LogP) is 0.612. The van der Waals surface area contributed by atoms with Crippen LogP contribution in [-0.2, 0) is 4.79 Å². The Morgan fingerprint density at radius 2 is 1.81 bits per heavy atom. The van der Waals surface area contributed by atoms with Crippen molar-refractivity contribution in [2.75, 3.05) is 24.5 Å². The van der Waals surface area contributed by atoms with Crippen LogP contribution >= 0.6 is 0 Å². The van der Waals surface area contributed by atoms with Crippen LogP contribution < -0.4 is 16.4 Å². The number of nitrogens with two attached hydrogens (primary N) is 2. The van der Waals surface area contributed by atoms with Gasteiger partial charge >= 0.3 is 0 Å². The maximum absolute atomic E-state index is 11.7. The van der Waals surface area contributed by atoms with Gasteiger partial charge in [0.05, 0.1) is 22.2 Å². The Labute approximate surface area is 151 Å². The van der Waals surface area contributed by atoms with Crippen LogP contribution in [0.3, 0.4) is 0 Å². The number of nitro benzene ring substituents is 1. The highest BCUT2D eigenvalue weighted by atomic mass is 16.6. The van der Waals surface area contributed by atoms with Crippen LogP contribution in [0.1, 0.15) is 36.0 Å². The molecule has 9 heteroatoms. The quantitative estimate of drug-likeness (QED) is 0.582. The molecule has 2 aliphatic heterocycles. The van der Waals surface area contributed by atoms with Gasteiger partial charge < -0.3 is 16.4 Å². The SMILES string of the molecule is NC(=O)c1cc([N+](=O)[O-])ccc1N1CCC(N2CCCC2C(N)=O)CC1. The van der Waals surface area contributed by atoms with Crippen molar-refractivity contribution in [2.45, 2.75) is 37.8 Å². The molecule has 1 atom stereocenters. The average molecular weight is 361 g/mol. The summed E-state index contributed by atoms with van der Waals surface area (Å²) in [5.74, 6) is -0.949. The zero-order chi connectivity index (χ0) is 18.8. The molecule has 9 nitrogen and oxygen atoms in total. The zero-order valence-corrected chi connectivity index (χ0v) is 14.5. The maximum Gasteiger partial charge on any atom is 0.270 e. The number of nitro groups is 1. The monoisotopic (exact) mass is 361 g/mol. The van der Waals surface area contributed by atoms with E-state index in [2.05, 4.69) is 4.90 Å². The summed E-state index contributed by atoms with van der Waals surface area (Å²) in [5.41, 5.74) is 11.6. The molecule has 0 bridgehead atoms. The number of amides is 2. The van der Waals surface area contributed by atoms with Crippen molar-refractivity contribution in [3.8, 4) is 0 Å². The van der Waals surface area contributed by atoms with Crippen LogP contribution in [-0.4, -0.2) is 53.4 Å². The molecule has 2 fully saturated rings. The molecule has 1 aromatic rings. The zero-order valence-electron chi connectivity index (χ0n) is 14.5. The largest absolute Gasteiger partial charge is 0.371 e. The highest BCUT2D eigenvalue weighted by Gasteiger charge is 2.36. The van der Waals surface area contributed by atoms with E-state index in [1.165, 1.54) is 12.1 Å². The summed E-state index contributed by atoms with van der Waals surface area (Å²) in [6.07, 6.45) is 3.45. The van der Waals surface area contributed by atoms with E-state index in [4.69, 9.17) is 11.5 Å². The van der Waals surface area contributed by atoms with Crippen molar-refractivity contribution in [3.05, 3.63) is 33.9 Å². The lowest BCUT2D eigenvalue weighted by Gasteiger charge is -2.39. The first-order valence-electron chi connectivity index (χ1n) is 8.76. The Kier molecular flexibility index (Phi) is 5.08. The molecule has 1 aromatic carbocycles. The molecule has 0 aliphatic carbocycles. The normalized spacial score (nSPS) is 21.7. The highest BCUT2D eigenvalue weighted by Crippen LogP contribution is 2.31. The molecule has 2 aliphatic rings. The van der Waals surface area contributed by atoms with Crippen molar-refractivity contribution in [3.63, 3.8) is 0 Å². The van der Waals surface area contributed by atoms with Crippen molar-refractivity contribution in [1.82, 2.24) is 4.90 Å². The standard InChI is InChI=1S/C17H23N5O4/c18-16(23)13-10-12(22(25)26)3-4-14(13)20-8-5-11(6-9-20)21-7-1-2-15(21)17(19)24/h3-4,10-11,15H,1-2,5-9H2,(H2,18,23)(H2,19,24). The Morgan fingerprint density at radius 3 is 2.38 bits per heavy atom. The second-order valence-electron chi connectivity index (χ2n) is 6.84. The Hall–Kier alpha value is -2.68. The fourth-order valence-corrected chi connectivity index (χ4v) is 4.08. The lowest BCUT2D eigenvalue weighted by molar-refractivity contribution is -0.384. The second kappa shape index (κ2) is 7.28. The third kappa shape index (κ3) is 3.48. The number of carbonyl (C=O) groups is 2. The molecular weight excluding hydrogens is 338 g/mol. The summed E-state index contributed by atoms with van der Waals surface area (Å²) < 4.78 is 0. The molecule has 2 amide bonds. The number of hydrogen-bond donors (Lipinski definition) is 2. The Balaban J connectivity index is 1.73. The first-order chi connectivity index (χ1) is 12.4. The van der Waals surface area contributed by atoms with Crippen molar-refractivity contribution < 1.29 is 14.5 Å². The number of primary amides is 2. The molecule has 1 unspecified atom stereocenters. The van der Waals surface area contributed by atoms with Crippen LogP contribution in [0.25, 0.3) is 0 Å². The first kappa shape index (κ1) is 18.1. The van der Waals surface area contributed by atoms with Gasteiger partial charge in [-0.2, -0.15) is 0 Å². The molecule has 3 rings (SSSR count). The van der Waals surface area contributed by atoms with Gasteiger partial charge in [-0.15, -0.1) is 0 Å². The fraction of sp³-hybridized carbons (Fsp3) is 0.529. The Morgan fingerprint density at radius 1 is 1.12 bits per heavy atom. The van der Waals surface area contributed by atoms with E-state index in [0.717, 1.165) is 32.2 Å². The van der Waals surface area contributed by atoms with Crippen LogP contribution in [0.2, 0.25) is 0 Å². The first-order valence-corrected chi connectivity index (χ1v) is 8.76. The number of likely N-dealkylation sites (tertiary alicyclic amines) is 1. The smallest absolute Gasteiger partial charge is 0.270 e. The number of benzene rings is 1. The summed E-state index contributed by atoms with van der Waals surface area (Å²) in [6, 6.07) is 4.29. The van der Waals surface area contributed by atoms with Gasteiger partial charge in [0, 0.05) is 31.3 Å². The number of piperidine rings is 1. The van der Waals surface area contributed by atoms with Gasteiger partial charge in [0.25, 0.3) is 11.6 Å². The highest BCUT2D eigenvalue weighted by molar-refractivity contribution is 5.99. The van der Waals surface area contributed by atoms with Gasteiger partial charge in [0.15, 0.2) is 0 Å². The predicted molar refractivity (Wildman–Crippen MR) is 95.8 cm³/mol. The molecule has 2 saturated heterocycles. The van der Waals surface area contributed by atoms with Crippen molar-refractivity contribution >= 4 is 23.2 Å². The Bertz CT molecular complexity index is 730. The fourth-order valence-electron chi connectivity index (χ4n) is 4.08.